The first-order chi connectivity index (χ1) is 9.99. The van der Waals surface area contributed by atoms with Gasteiger partial charge in [0.15, 0.2) is 0 Å². The van der Waals surface area contributed by atoms with Crippen LogP contribution in [-0.2, 0) is 6.54 Å². The second-order valence-electron chi connectivity index (χ2n) is 5.25. The molecule has 0 saturated heterocycles. The number of carbonyl (C=O) groups excluding carboxylic acids is 1. The van der Waals surface area contributed by atoms with Gasteiger partial charge in [-0.05, 0) is 43.7 Å². The first-order valence-electron chi connectivity index (χ1n) is 6.89. The highest BCUT2D eigenvalue weighted by Crippen LogP contribution is 2.17. The summed E-state index contributed by atoms with van der Waals surface area (Å²) in [5, 5.41) is 0. The Morgan fingerprint density at radius 1 is 1.19 bits per heavy atom. The molecule has 2 N–H and O–H groups in total. The van der Waals surface area contributed by atoms with E-state index in [9.17, 15) is 9.18 Å². The fraction of sp³-hybridized carbons (Fsp3) is 0.235. The highest BCUT2D eigenvalue weighted by molar-refractivity contribution is 5.94. The van der Waals surface area contributed by atoms with Crippen LogP contribution in [0.25, 0.3) is 0 Å². The van der Waals surface area contributed by atoms with Crippen molar-refractivity contribution in [3.8, 4) is 0 Å². The van der Waals surface area contributed by atoms with Crippen molar-refractivity contribution in [2.24, 2.45) is 0 Å². The molecule has 0 radical (unpaired) electrons. The van der Waals surface area contributed by atoms with E-state index < -0.39 is 5.82 Å². The lowest BCUT2D eigenvalue weighted by molar-refractivity contribution is 0.0685. The zero-order valence-corrected chi connectivity index (χ0v) is 12.2. The third-order valence-electron chi connectivity index (χ3n) is 3.29. The lowest BCUT2D eigenvalue weighted by Crippen LogP contribution is -2.36. The van der Waals surface area contributed by atoms with Crippen LogP contribution >= 0.6 is 0 Å². The summed E-state index contributed by atoms with van der Waals surface area (Å²) in [5.41, 5.74) is 7.42. The standard InChI is InChI=1S/C17H19FN2O/c1-12(2)20(11-13-6-5-7-14(19)10-13)17(21)15-8-3-4-9-16(15)18/h3-10,12H,11,19H2,1-2H3. The van der Waals surface area contributed by atoms with Gasteiger partial charge in [0, 0.05) is 18.3 Å². The normalized spacial score (nSPS) is 10.7. The summed E-state index contributed by atoms with van der Waals surface area (Å²) >= 11 is 0. The van der Waals surface area contributed by atoms with Crippen molar-refractivity contribution in [1.82, 2.24) is 4.90 Å². The van der Waals surface area contributed by atoms with Crippen LogP contribution in [0.5, 0.6) is 0 Å². The van der Waals surface area contributed by atoms with Gasteiger partial charge >= 0.3 is 0 Å². The first kappa shape index (κ1) is 15.0. The molecule has 0 heterocycles. The minimum absolute atomic E-state index is 0.0430. The number of nitrogens with zero attached hydrogens (tertiary/aromatic N) is 1. The van der Waals surface area contributed by atoms with Crippen LogP contribution in [0.2, 0.25) is 0 Å². The van der Waals surface area contributed by atoms with Gasteiger partial charge in [-0.25, -0.2) is 4.39 Å². The van der Waals surface area contributed by atoms with Crippen LogP contribution < -0.4 is 5.73 Å². The molecule has 2 aromatic rings. The Bertz CT molecular complexity index is 640. The van der Waals surface area contributed by atoms with Gasteiger partial charge < -0.3 is 10.6 Å². The number of benzene rings is 2. The maximum absolute atomic E-state index is 13.8. The Labute approximate surface area is 124 Å². The van der Waals surface area contributed by atoms with Gasteiger partial charge in [-0.15, -0.1) is 0 Å². The minimum atomic E-state index is -0.499. The number of nitrogen functional groups attached to an aromatic ring is 1. The number of amides is 1. The summed E-state index contributed by atoms with van der Waals surface area (Å²) in [6.45, 7) is 4.21. The molecule has 0 aromatic heterocycles. The molecular weight excluding hydrogens is 267 g/mol. The van der Waals surface area contributed by atoms with E-state index in [1.807, 2.05) is 32.0 Å². The molecule has 0 bridgehead atoms. The Morgan fingerprint density at radius 2 is 1.90 bits per heavy atom. The van der Waals surface area contributed by atoms with Crippen LogP contribution in [0.1, 0.15) is 29.8 Å². The number of halogens is 1. The van der Waals surface area contributed by atoms with Crippen molar-refractivity contribution in [2.75, 3.05) is 5.73 Å². The Morgan fingerprint density at radius 3 is 2.52 bits per heavy atom. The van der Waals surface area contributed by atoms with E-state index in [0.29, 0.717) is 12.2 Å². The second-order valence-corrected chi connectivity index (χ2v) is 5.25. The van der Waals surface area contributed by atoms with E-state index in [-0.39, 0.29) is 17.5 Å². The average molecular weight is 286 g/mol. The van der Waals surface area contributed by atoms with Gasteiger partial charge in [-0.3, -0.25) is 4.79 Å². The number of hydrogen-bond donors (Lipinski definition) is 1. The quantitative estimate of drug-likeness (QED) is 0.875. The number of hydrogen-bond acceptors (Lipinski definition) is 2. The van der Waals surface area contributed by atoms with Crippen molar-refractivity contribution in [3.63, 3.8) is 0 Å². The fourth-order valence-corrected chi connectivity index (χ4v) is 2.17. The molecule has 110 valence electrons. The predicted molar refractivity (Wildman–Crippen MR) is 82.3 cm³/mol. The van der Waals surface area contributed by atoms with Gasteiger partial charge in [-0.2, -0.15) is 0 Å². The third-order valence-corrected chi connectivity index (χ3v) is 3.29. The van der Waals surface area contributed by atoms with Crippen molar-refractivity contribution >= 4 is 11.6 Å². The summed E-state index contributed by atoms with van der Waals surface area (Å²) in [4.78, 5) is 14.2. The number of rotatable bonds is 4. The summed E-state index contributed by atoms with van der Waals surface area (Å²) in [6, 6.07) is 13.4. The van der Waals surface area contributed by atoms with E-state index in [4.69, 9.17) is 5.73 Å². The van der Waals surface area contributed by atoms with E-state index in [0.717, 1.165) is 5.56 Å². The molecule has 2 rings (SSSR count). The molecule has 2 aromatic carbocycles. The van der Waals surface area contributed by atoms with E-state index in [1.165, 1.54) is 12.1 Å². The molecule has 4 heteroatoms. The molecule has 0 unspecified atom stereocenters. The highest BCUT2D eigenvalue weighted by Gasteiger charge is 2.21. The van der Waals surface area contributed by atoms with Crippen molar-refractivity contribution < 1.29 is 9.18 Å². The SMILES string of the molecule is CC(C)N(Cc1cccc(N)c1)C(=O)c1ccccc1F. The monoisotopic (exact) mass is 286 g/mol. The lowest BCUT2D eigenvalue weighted by atomic mass is 10.1. The van der Waals surface area contributed by atoms with Gasteiger partial charge in [0.25, 0.3) is 5.91 Å². The predicted octanol–water partition coefficient (Wildman–Crippen LogP) is 3.46. The molecule has 0 fully saturated rings. The number of nitrogens with two attached hydrogens (primary N) is 1. The van der Waals surface area contributed by atoms with Crippen LogP contribution in [0.3, 0.4) is 0 Å². The maximum atomic E-state index is 13.8. The number of carbonyl (C=O) groups is 1. The third kappa shape index (κ3) is 3.60. The van der Waals surface area contributed by atoms with Gasteiger partial charge in [-0.1, -0.05) is 24.3 Å². The number of anilines is 1. The molecule has 3 nitrogen and oxygen atoms in total. The maximum Gasteiger partial charge on any atom is 0.257 e. The molecule has 1 amide bonds. The Balaban J connectivity index is 2.27. The van der Waals surface area contributed by atoms with E-state index >= 15 is 0 Å². The largest absolute Gasteiger partial charge is 0.399 e. The molecule has 21 heavy (non-hydrogen) atoms. The minimum Gasteiger partial charge on any atom is -0.399 e. The molecule has 0 aliphatic carbocycles. The average Bonchev–Trinajstić information content (AvgIpc) is 2.44. The van der Waals surface area contributed by atoms with Gasteiger partial charge in [0.05, 0.1) is 5.56 Å². The molecular formula is C17H19FN2O. The van der Waals surface area contributed by atoms with Crippen molar-refractivity contribution in [1.29, 1.82) is 0 Å². The van der Waals surface area contributed by atoms with Crippen LogP contribution in [0, 0.1) is 5.82 Å². The summed E-state index contributed by atoms with van der Waals surface area (Å²) < 4.78 is 13.8. The second kappa shape index (κ2) is 6.39. The van der Waals surface area contributed by atoms with Crippen LogP contribution in [0.4, 0.5) is 10.1 Å². The molecule has 0 atom stereocenters. The van der Waals surface area contributed by atoms with Gasteiger partial charge in [0.2, 0.25) is 0 Å². The summed E-state index contributed by atoms with van der Waals surface area (Å²) in [6.07, 6.45) is 0. The fourth-order valence-electron chi connectivity index (χ4n) is 2.17. The van der Waals surface area contributed by atoms with Crippen molar-refractivity contribution in [3.05, 3.63) is 65.5 Å². The molecule has 0 aliphatic rings. The molecule has 0 saturated carbocycles. The highest BCUT2D eigenvalue weighted by atomic mass is 19.1. The smallest absolute Gasteiger partial charge is 0.257 e. The van der Waals surface area contributed by atoms with Gasteiger partial charge in [0.1, 0.15) is 5.82 Å². The Hall–Kier alpha value is -2.36. The van der Waals surface area contributed by atoms with Crippen molar-refractivity contribution in [2.45, 2.75) is 26.4 Å². The van der Waals surface area contributed by atoms with E-state index in [2.05, 4.69) is 0 Å². The lowest BCUT2D eigenvalue weighted by Gasteiger charge is -2.27. The molecule has 0 spiro atoms. The Kier molecular flexibility index (Phi) is 4.58. The first-order valence-corrected chi connectivity index (χ1v) is 6.89. The zero-order chi connectivity index (χ0) is 15.4. The topological polar surface area (TPSA) is 46.3 Å². The summed E-state index contributed by atoms with van der Waals surface area (Å²) in [7, 11) is 0. The van der Waals surface area contributed by atoms with Crippen LogP contribution in [0.15, 0.2) is 48.5 Å². The summed E-state index contributed by atoms with van der Waals surface area (Å²) in [5.74, 6) is -0.814. The van der Waals surface area contributed by atoms with Crippen LogP contribution in [-0.4, -0.2) is 16.8 Å². The molecule has 0 aliphatic heterocycles. The van der Waals surface area contributed by atoms with E-state index in [1.54, 1.807) is 23.1 Å². The zero-order valence-electron chi connectivity index (χ0n) is 12.2.